The first kappa shape index (κ1) is 15.9. The van der Waals surface area contributed by atoms with Crippen molar-refractivity contribution in [1.29, 1.82) is 0 Å². The van der Waals surface area contributed by atoms with Crippen molar-refractivity contribution < 1.29 is 22.4 Å². The lowest BCUT2D eigenvalue weighted by Gasteiger charge is -2.06. The van der Waals surface area contributed by atoms with Crippen LogP contribution in [0.15, 0.2) is 4.52 Å². The molecule has 0 spiro atoms. The van der Waals surface area contributed by atoms with Gasteiger partial charge < -0.3 is 14.6 Å². The van der Waals surface area contributed by atoms with E-state index in [1.807, 2.05) is 14.0 Å². The Labute approximate surface area is 109 Å². The van der Waals surface area contributed by atoms with Gasteiger partial charge >= 0.3 is 6.18 Å². The van der Waals surface area contributed by atoms with Crippen LogP contribution in [0.1, 0.15) is 25.1 Å². The first-order valence-corrected chi connectivity index (χ1v) is 6.04. The summed E-state index contributed by atoms with van der Waals surface area (Å²) in [6.07, 6.45) is -2.60. The molecule has 1 unspecified atom stereocenters. The number of halogens is 3. The first-order valence-electron chi connectivity index (χ1n) is 6.04. The van der Waals surface area contributed by atoms with Gasteiger partial charge in [0, 0.05) is 18.9 Å². The molecular formula is C11H18F3N3O2. The number of hydrogen-bond donors (Lipinski definition) is 1. The molecule has 8 heteroatoms. The fourth-order valence-electron chi connectivity index (χ4n) is 1.33. The van der Waals surface area contributed by atoms with Crippen molar-refractivity contribution in [3.8, 4) is 0 Å². The van der Waals surface area contributed by atoms with E-state index in [0.29, 0.717) is 24.2 Å². The highest BCUT2D eigenvalue weighted by atomic mass is 19.4. The Hall–Kier alpha value is -1.15. The summed E-state index contributed by atoms with van der Waals surface area (Å²) in [5, 5.41) is 6.77. The lowest BCUT2D eigenvalue weighted by atomic mass is 10.2. The van der Waals surface area contributed by atoms with Gasteiger partial charge in [-0.3, -0.25) is 0 Å². The highest BCUT2D eigenvalue weighted by molar-refractivity contribution is 4.87. The second kappa shape index (κ2) is 7.44. The van der Waals surface area contributed by atoms with Crippen molar-refractivity contribution in [2.45, 2.75) is 38.4 Å². The molecule has 1 aromatic heterocycles. The van der Waals surface area contributed by atoms with Crippen LogP contribution in [0.25, 0.3) is 0 Å². The maximum atomic E-state index is 11.8. The van der Waals surface area contributed by atoms with Gasteiger partial charge in [0.25, 0.3) is 0 Å². The summed E-state index contributed by atoms with van der Waals surface area (Å²) < 4.78 is 44.9. The minimum atomic E-state index is -4.30. The Bertz CT molecular complexity index is 368. The molecule has 1 N–H and O–H groups in total. The number of rotatable bonds is 8. The number of ether oxygens (including phenoxy) is 1. The smallest absolute Gasteiger partial charge is 0.372 e. The third kappa shape index (κ3) is 7.12. The topological polar surface area (TPSA) is 60.2 Å². The number of aromatic nitrogens is 2. The predicted octanol–water partition coefficient (Wildman–Crippen LogP) is 1.73. The summed E-state index contributed by atoms with van der Waals surface area (Å²) in [6, 6.07) is 0.338. The molecule has 0 bridgehead atoms. The van der Waals surface area contributed by atoms with E-state index >= 15 is 0 Å². The molecule has 1 heterocycles. The van der Waals surface area contributed by atoms with E-state index < -0.39 is 12.8 Å². The van der Waals surface area contributed by atoms with E-state index in [0.717, 1.165) is 6.42 Å². The third-order valence-electron chi connectivity index (χ3n) is 2.53. The fourth-order valence-corrected chi connectivity index (χ4v) is 1.33. The highest BCUT2D eigenvalue weighted by Crippen LogP contribution is 2.14. The lowest BCUT2D eigenvalue weighted by molar-refractivity contribution is -0.173. The summed E-state index contributed by atoms with van der Waals surface area (Å²) in [6.45, 7) is 0.699. The van der Waals surface area contributed by atoms with Gasteiger partial charge in [-0.2, -0.15) is 18.2 Å². The van der Waals surface area contributed by atoms with Gasteiger partial charge in [-0.15, -0.1) is 0 Å². The zero-order valence-electron chi connectivity index (χ0n) is 11.0. The molecule has 19 heavy (non-hydrogen) atoms. The number of nitrogens with one attached hydrogen (secondary N) is 1. The van der Waals surface area contributed by atoms with E-state index in [-0.39, 0.29) is 13.0 Å². The Kier molecular flexibility index (Phi) is 6.23. The second-order valence-corrected chi connectivity index (χ2v) is 4.25. The molecule has 0 radical (unpaired) electrons. The van der Waals surface area contributed by atoms with Gasteiger partial charge in [0.1, 0.15) is 6.61 Å². The Balaban J connectivity index is 2.23. The Morgan fingerprint density at radius 2 is 2.11 bits per heavy atom. The molecular weight excluding hydrogens is 263 g/mol. The molecule has 0 amide bonds. The summed E-state index contributed by atoms with van der Waals surface area (Å²) in [7, 11) is 1.86. The normalized spacial score (nSPS) is 13.7. The van der Waals surface area contributed by atoms with E-state index in [9.17, 15) is 13.2 Å². The largest absolute Gasteiger partial charge is 0.411 e. The maximum absolute atomic E-state index is 11.8. The van der Waals surface area contributed by atoms with E-state index in [1.54, 1.807) is 0 Å². The maximum Gasteiger partial charge on any atom is 0.411 e. The van der Waals surface area contributed by atoms with Crippen molar-refractivity contribution in [3.63, 3.8) is 0 Å². The third-order valence-corrected chi connectivity index (χ3v) is 2.53. The van der Waals surface area contributed by atoms with Crippen molar-refractivity contribution in [3.05, 3.63) is 11.7 Å². The van der Waals surface area contributed by atoms with Crippen molar-refractivity contribution in [1.82, 2.24) is 15.5 Å². The van der Waals surface area contributed by atoms with Crippen LogP contribution in [-0.2, 0) is 17.6 Å². The predicted molar refractivity (Wildman–Crippen MR) is 61.7 cm³/mol. The van der Waals surface area contributed by atoms with Crippen LogP contribution in [0.3, 0.4) is 0 Å². The molecule has 0 aliphatic rings. The second-order valence-electron chi connectivity index (χ2n) is 4.25. The average molecular weight is 281 g/mol. The number of aryl methyl sites for hydroxylation is 1. The zero-order valence-corrected chi connectivity index (χ0v) is 11.0. The molecule has 110 valence electrons. The van der Waals surface area contributed by atoms with Crippen molar-refractivity contribution in [2.75, 3.05) is 20.3 Å². The van der Waals surface area contributed by atoms with Crippen molar-refractivity contribution >= 4 is 0 Å². The van der Waals surface area contributed by atoms with Crippen LogP contribution in [0, 0.1) is 0 Å². The minimum absolute atomic E-state index is 0.0780. The average Bonchev–Trinajstić information content (AvgIpc) is 2.78. The van der Waals surface area contributed by atoms with Gasteiger partial charge in [0.05, 0.1) is 6.61 Å². The van der Waals surface area contributed by atoms with Crippen LogP contribution in [0.4, 0.5) is 13.2 Å². The van der Waals surface area contributed by atoms with Gasteiger partial charge in [0.15, 0.2) is 5.82 Å². The lowest BCUT2D eigenvalue weighted by Crippen LogP contribution is -2.21. The van der Waals surface area contributed by atoms with Gasteiger partial charge in [0.2, 0.25) is 5.89 Å². The molecule has 0 fully saturated rings. The molecule has 1 atom stereocenters. The first-order chi connectivity index (χ1) is 8.90. The van der Waals surface area contributed by atoms with Gasteiger partial charge in [-0.1, -0.05) is 5.16 Å². The fraction of sp³-hybridized carbons (Fsp3) is 0.818. The number of nitrogens with zero attached hydrogens (tertiary/aromatic N) is 2. The molecule has 0 saturated carbocycles. The van der Waals surface area contributed by atoms with E-state index in [1.165, 1.54) is 0 Å². The Morgan fingerprint density at radius 3 is 2.74 bits per heavy atom. The van der Waals surface area contributed by atoms with E-state index in [4.69, 9.17) is 4.52 Å². The highest BCUT2D eigenvalue weighted by Gasteiger charge is 2.27. The van der Waals surface area contributed by atoms with Crippen molar-refractivity contribution in [2.24, 2.45) is 0 Å². The zero-order chi connectivity index (χ0) is 14.3. The molecule has 0 aliphatic carbocycles. The van der Waals surface area contributed by atoms with E-state index in [2.05, 4.69) is 20.2 Å². The molecule has 0 aromatic carbocycles. The number of hydrogen-bond acceptors (Lipinski definition) is 5. The monoisotopic (exact) mass is 281 g/mol. The Morgan fingerprint density at radius 1 is 1.37 bits per heavy atom. The quantitative estimate of drug-likeness (QED) is 0.735. The summed E-state index contributed by atoms with van der Waals surface area (Å²) in [5.41, 5.74) is 0. The molecule has 1 rings (SSSR count). The minimum Gasteiger partial charge on any atom is -0.372 e. The van der Waals surface area contributed by atoms with Crippen LogP contribution in [-0.4, -0.2) is 42.6 Å². The number of alkyl halides is 3. The van der Waals surface area contributed by atoms with Crippen LogP contribution in [0.2, 0.25) is 0 Å². The summed E-state index contributed by atoms with van der Waals surface area (Å²) in [4.78, 5) is 4.08. The molecule has 0 aliphatic heterocycles. The molecule has 1 aromatic rings. The van der Waals surface area contributed by atoms with Gasteiger partial charge in [-0.25, -0.2) is 0 Å². The van der Waals surface area contributed by atoms with Gasteiger partial charge in [-0.05, 0) is 20.4 Å². The SMILES string of the molecule is CNC(C)CCc1nc(CCOCC(F)(F)F)no1. The van der Waals surface area contributed by atoms with Crippen LogP contribution in [0.5, 0.6) is 0 Å². The standard InChI is InChI=1S/C11H18F3N3O2/c1-8(15-2)3-4-10-16-9(17-19-10)5-6-18-7-11(12,13)14/h8,15H,3-7H2,1-2H3. The molecule has 5 nitrogen and oxygen atoms in total. The summed E-state index contributed by atoms with van der Waals surface area (Å²) >= 11 is 0. The molecule has 0 saturated heterocycles. The summed E-state index contributed by atoms with van der Waals surface area (Å²) in [5.74, 6) is 0.863. The van der Waals surface area contributed by atoms with Crippen LogP contribution >= 0.6 is 0 Å². The van der Waals surface area contributed by atoms with Crippen LogP contribution < -0.4 is 5.32 Å².